The van der Waals surface area contributed by atoms with E-state index in [4.69, 9.17) is 4.74 Å². The normalized spacial score (nSPS) is 18.1. The lowest BCUT2D eigenvalue weighted by molar-refractivity contribution is 0.252. The van der Waals surface area contributed by atoms with Crippen LogP contribution >= 0.6 is 0 Å². The van der Waals surface area contributed by atoms with Gasteiger partial charge in [0.15, 0.2) is 0 Å². The Morgan fingerprint density at radius 3 is 2.53 bits per heavy atom. The summed E-state index contributed by atoms with van der Waals surface area (Å²) in [5, 5.41) is 0. The average molecular weight is 234 g/mol. The molecule has 1 aromatic carbocycles. The van der Waals surface area contributed by atoms with E-state index in [0.717, 1.165) is 5.75 Å². The molecule has 0 radical (unpaired) electrons. The predicted molar refractivity (Wildman–Crippen MR) is 71.9 cm³/mol. The van der Waals surface area contributed by atoms with E-state index in [-0.39, 0.29) is 0 Å². The number of para-hydroxylation sites is 2. The van der Waals surface area contributed by atoms with E-state index < -0.39 is 0 Å². The Morgan fingerprint density at radius 1 is 1.24 bits per heavy atom. The van der Waals surface area contributed by atoms with Crippen molar-refractivity contribution in [2.45, 2.75) is 18.9 Å². The van der Waals surface area contributed by atoms with Crippen molar-refractivity contribution in [1.82, 2.24) is 4.90 Å². The molecule has 3 nitrogen and oxygen atoms in total. The Balaban J connectivity index is 2.10. The fraction of sp³-hybridized carbons (Fsp3) is 0.571. The third kappa shape index (κ3) is 2.72. The lowest BCUT2D eigenvalue weighted by Crippen LogP contribution is -2.42. The molecule has 1 fully saturated rings. The second-order valence-corrected chi connectivity index (χ2v) is 4.82. The van der Waals surface area contributed by atoms with Gasteiger partial charge in [-0.25, -0.2) is 0 Å². The van der Waals surface area contributed by atoms with E-state index in [0.29, 0.717) is 6.04 Å². The van der Waals surface area contributed by atoms with Crippen molar-refractivity contribution in [3.05, 3.63) is 24.3 Å². The summed E-state index contributed by atoms with van der Waals surface area (Å²) in [6.07, 6.45) is 2.45. The summed E-state index contributed by atoms with van der Waals surface area (Å²) in [6.45, 7) is 2.37. The van der Waals surface area contributed by atoms with Gasteiger partial charge in [-0.1, -0.05) is 12.1 Å². The highest BCUT2D eigenvalue weighted by molar-refractivity contribution is 5.58. The van der Waals surface area contributed by atoms with Crippen molar-refractivity contribution in [2.24, 2.45) is 0 Å². The molecule has 0 saturated carbocycles. The van der Waals surface area contributed by atoms with Gasteiger partial charge in [-0.15, -0.1) is 0 Å². The van der Waals surface area contributed by atoms with Crippen molar-refractivity contribution < 1.29 is 4.74 Å². The van der Waals surface area contributed by atoms with Gasteiger partial charge in [0.2, 0.25) is 0 Å². The van der Waals surface area contributed by atoms with Crippen LogP contribution in [0.4, 0.5) is 5.69 Å². The molecule has 94 valence electrons. The zero-order valence-corrected chi connectivity index (χ0v) is 11.0. The maximum Gasteiger partial charge on any atom is 0.142 e. The van der Waals surface area contributed by atoms with Crippen LogP contribution in [0.25, 0.3) is 0 Å². The summed E-state index contributed by atoms with van der Waals surface area (Å²) >= 11 is 0. The van der Waals surface area contributed by atoms with Crippen LogP contribution in [0.2, 0.25) is 0 Å². The molecule has 0 aliphatic carbocycles. The molecule has 0 N–H and O–H groups in total. The number of hydrogen-bond donors (Lipinski definition) is 0. The van der Waals surface area contributed by atoms with Crippen molar-refractivity contribution in [2.75, 3.05) is 39.2 Å². The Hall–Kier alpha value is -1.22. The van der Waals surface area contributed by atoms with Crippen LogP contribution < -0.4 is 9.64 Å². The first-order valence-corrected chi connectivity index (χ1v) is 6.26. The van der Waals surface area contributed by atoms with Crippen molar-refractivity contribution in [3.63, 3.8) is 0 Å². The summed E-state index contributed by atoms with van der Waals surface area (Å²) in [6, 6.07) is 8.88. The minimum absolute atomic E-state index is 0.627. The van der Waals surface area contributed by atoms with Gasteiger partial charge in [-0.3, -0.25) is 0 Å². The summed E-state index contributed by atoms with van der Waals surface area (Å²) in [5.74, 6) is 0.967. The van der Waals surface area contributed by atoms with Crippen LogP contribution in [0.3, 0.4) is 0 Å². The van der Waals surface area contributed by atoms with Crippen LogP contribution in [0, 0.1) is 0 Å². The van der Waals surface area contributed by atoms with Gasteiger partial charge in [0.05, 0.1) is 12.8 Å². The van der Waals surface area contributed by atoms with Gasteiger partial charge in [-0.2, -0.15) is 0 Å². The zero-order chi connectivity index (χ0) is 12.3. The molecule has 1 saturated heterocycles. The molecule has 0 aromatic heterocycles. The zero-order valence-electron chi connectivity index (χ0n) is 11.0. The number of rotatable bonds is 3. The van der Waals surface area contributed by atoms with Gasteiger partial charge in [0.25, 0.3) is 0 Å². The van der Waals surface area contributed by atoms with Crippen molar-refractivity contribution in [3.8, 4) is 5.75 Å². The highest BCUT2D eigenvalue weighted by Gasteiger charge is 2.22. The monoisotopic (exact) mass is 234 g/mol. The second kappa shape index (κ2) is 5.41. The number of anilines is 1. The molecule has 1 heterocycles. The molecule has 0 unspecified atom stereocenters. The molecular formula is C14H22N2O. The SMILES string of the molecule is COc1ccccc1N(C)C1CCN(C)CC1. The minimum atomic E-state index is 0.627. The number of hydrogen-bond acceptors (Lipinski definition) is 3. The van der Waals surface area contributed by atoms with Gasteiger partial charge >= 0.3 is 0 Å². The Kier molecular flexibility index (Phi) is 3.89. The smallest absolute Gasteiger partial charge is 0.142 e. The largest absolute Gasteiger partial charge is 0.495 e. The summed E-state index contributed by atoms with van der Waals surface area (Å²) in [5.41, 5.74) is 1.20. The van der Waals surface area contributed by atoms with E-state index in [1.54, 1.807) is 7.11 Å². The lowest BCUT2D eigenvalue weighted by atomic mass is 10.0. The molecule has 1 aliphatic rings. The van der Waals surface area contributed by atoms with E-state index in [2.05, 4.69) is 36.0 Å². The standard InChI is InChI=1S/C14H22N2O/c1-15-10-8-12(9-11-15)16(2)13-6-4-5-7-14(13)17-3/h4-7,12H,8-11H2,1-3H3. The van der Waals surface area contributed by atoms with Gasteiger partial charge in [0.1, 0.15) is 5.75 Å². The minimum Gasteiger partial charge on any atom is -0.495 e. The van der Waals surface area contributed by atoms with E-state index in [9.17, 15) is 0 Å². The first-order chi connectivity index (χ1) is 8.22. The summed E-state index contributed by atoms with van der Waals surface area (Å²) < 4.78 is 5.43. The topological polar surface area (TPSA) is 15.7 Å². The molecule has 0 bridgehead atoms. The Labute approximate surface area is 104 Å². The molecule has 1 aromatic rings. The molecule has 0 spiro atoms. The first kappa shape index (κ1) is 12.2. The number of nitrogens with zero attached hydrogens (tertiary/aromatic N) is 2. The fourth-order valence-corrected chi connectivity index (χ4v) is 2.50. The van der Waals surface area contributed by atoms with Crippen molar-refractivity contribution in [1.29, 1.82) is 0 Å². The lowest BCUT2D eigenvalue weighted by Gasteiger charge is -2.36. The molecule has 0 atom stereocenters. The first-order valence-electron chi connectivity index (χ1n) is 6.26. The van der Waals surface area contributed by atoms with Gasteiger partial charge in [-0.05, 0) is 45.1 Å². The van der Waals surface area contributed by atoms with Crippen LogP contribution in [-0.2, 0) is 0 Å². The van der Waals surface area contributed by atoms with E-state index >= 15 is 0 Å². The second-order valence-electron chi connectivity index (χ2n) is 4.82. The Morgan fingerprint density at radius 2 is 1.88 bits per heavy atom. The van der Waals surface area contributed by atoms with Crippen molar-refractivity contribution >= 4 is 5.69 Å². The van der Waals surface area contributed by atoms with Gasteiger partial charge < -0.3 is 14.5 Å². The van der Waals surface area contributed by atoms with E-state index in [1.165, 1.54) is 31.6 Å². The number of benzene rings is 1. The third-order valence-electron chi connectivity index (χ3n) is 3.70. The quantitative estimate of drug-likeness (QED) is 0.797. The predicted octanol–water partition coefficient (Wildman–Crippen LogP) is 2.23. The molecule has 17 heavy (non-hydrogen) atoms. The van der Waals surface area contributed by atoms with Crippen LogP contribution in [-0.4, -0.2) is 45.2 Å². The molecule has 2 rings (SSSR count). The highest BCUT2D eigenvalue weighted by Crippen LogP contribution is 2.30. The average Bonchev–Trinajstić information content (AvgIpc) is 2.39. The molecule has 3 heteroatoms. The number of likely N-dealkylation sites (tertiary alicyclic amines) is 1. The Bertz CT molecular complexity index is 359. The van der Waals surface area contributed by atoms with Crippen LogP contribution in [0.5, 0.6) is 5.75 Å². The molecule has 1 aliphatic heterocycles. The maximum absolute atomic E-state index is 5.43. The fourth-order valence-electron chi connectivity index (χ4n) is 2.50. The van der Waals surface area contributed by atoms with Gasteiger partial charge in [0, 0.05) is 13.1 Å². The number of ether oxygens (including phenoxy) is 1. The summed E-state index contributed by atoms with van der Waals surface area (Å²) in [4.78, 5) is 4.76. The highest BCUT2D eigenvalue weighted by atomic mass is 16.5. The van der Waals surface area contributed by atoms with Crippen LogP contribution in [0.15, 0.2) is 24.3 Å². The third-order valence-corrected chi connectivity index (χ3v) is 3.70. The number of methoxy groups -OCH3 is 1. The molecule has 0 amide bonds. The summed E-state index contributed by atoms with van der Waals surface area (Å²) in [7, 11) is 6.11. The van der Waals surface area contributed by atoms with E-state index in [1.807, 2.05) is 12.1 Å². The number of piperidine rings is 1. The van der Waals surface area contributed by atoms with Crippen LogP contribution in [0.1, 0.15) is 12.8 Å². The maximum atomic E-state index is 5.43. The molecular weight excluding hydrogens is 212 g/mol.